The zero-order valence-electron chi connectivity index (χ0n) is 21.3. The van der Waals surface area contributed by atoms with Gasteiger partial charge >= 0.3 is 0 Å². The summed E-state index contributed by atoms with van der Waals surface area (Å²) in [6.45, 7) is 0. The lowest BCUT2D eigenvalue weighted by Crippen LogP contribution is -2.10. The van der Waals surface area contributed by atoms with E-state index in [-0.39, 0.29) is 0 Å². The monoisotopic (exact) mass is 567 g/mol. The Morgan fingerprint density at radius 2 is 1.15 bits per heavy atom. The Balaban J connectivity index is 1.36. The molecule has 190 valence electrons. The number of thiophene rings is 2. The van der Waals surface area contributed by atoms with Crippen molar-refractivity contribution in [2.45, 2.75) is 0 Å². The summed E-state index contributed by atoms with van der Waals surface area (Å²) < 4.78 is 5.07. The highest BCUT2D eigenvalue weighted by Gasteiger charge is 2.19. The van der Waals surface area contributed by atoms with Gasteiger partial charge < -0.3 is 4.90 Å². The summed E-state index contributed by atoms with van der Waals surface area (Å²) in [5.74, 6) is 0. The molecule has 0 radical (unpaired) electrons. The van der Waals surface area contributed by atoms with Crippen LogP contribution in [0.25, 0.3) is 51.5 Å². The smallest absolute Gasteiger partial charge is 0.0640 e. The lowest BCUT2D eigenvalue weighted by molar-refractivity contribution is 1.31. The number of anilines is 3. The topological polar surface area (TPSA) is 3.24 Å². The van der Waals surface area contributed by atoms with Gasteiger partial charge in [-0.2, -0.15) is 0 Å². The van der Waals surface area contributed by atoms with Crippen molar-refractivity contribution in [2.24, 2.45) is 0 Å². The molecule has 2 aromatic heterocycles. The first-order chi connectivity index (χ1) is 19.7. The summed E-state index contributed by atoms with van der Waals surface area (Å²) in [4.78, 5) is 2.41. The van der Waals surface area contributed by atoms with E-state index in [4.69, 9.17) is 11.6 Å². The SMILES string of the molecule is Clc1ccc2c(c1)sc1ccc(N(c3ccc(-c4ccccc4)cc3)c3cccc4c3sc3ccccc34)cc12. The normalized spacial score (nSPS) is 11.6. The van der Waals surface area contributed by atoms with E-state index in [1.165, 1.54) is 57.2 Å². The number of halogens is 1. The van der Waals surface area contributed by atoms with Crippen molar-refractivity contribution in [2.75, 3.05) is 4.90 Å². The van der Waals surface area contributed by atoms with Crippen LogP contribution in [0.1, 0.15) is 0 Å². The largest absolute Gasteiger partial charge is 0.309 e. The molecule has 0 unspecified atom stereocenters. The van der Waals surface area contributed by atoms with Crippen LogP contribution in [0.5, 0.6) is 0 Å². The van der Waals surface area contributed by atoms with Crippen LogP contribution in [0.4, 0.5) is 17.1 Å². The molecule has 8 rings (SSSR count). The van der Waals surface area contributed by atoms with Gasteiger partial charge in [0.1, 0.15) is 0 Å². The average Bonchev–Trinajstić information content (AvgIpc) is 3.56. The van der Waals surface area contributed by atoms with Crippen LogP contribution < -0.4 is 4.90 Å². The van der Waals surface area contributed by atoms with Crippen molar-refractivity contribution in [3.05, 3.63) is 138 Å². The fraction of sp³-hybridized carbons (Fsp3) is 0. The van der Waals surface area contributed by atoms with Crippen molar-refractivity contribution in [1.29, 1.82) is 0 Å². The molecule has 0 fully saturated rings. The molecule has 0 atom stereocenters. The van der Waals surface area contributed by atoms with Gasteiger partial charge in [-0.15, -0.1) is 22.7 Å². The first-order valence-corrected chi connectivity index (χ1v) is 15.2. The van der Waals surface area contributed by atoms with Crippen LogP contribution in [0, 0.1) is 0 Å². The molecule has 40 heavy (non-hydrogen) atoms. The minimum absolute atomic E-state index is 0.774. The minimum atomic E-state index is 0.774. The summed E-state index contributed by atoms with van der Waals surface area (Å²) in [5.41, 5.74) is 5.89. The van der Waals surface area contributed by atoms with Crippen molar-refractivity contribution < 1.29 is 0 Å². The second-order valence-electron chi connectivity index (χ2n) is 9.92. The maximum Gasteiger partial charge on any atom is 0.0640 e. The first kappa shape index (κ1) is 23.7. The van der Waals surface area contributed by atoms with E-state index >= 15 is 0 Å². The Morgan fingerprint density at radius 3 is 2.02 bits per heavy atom. The number of nitrogens with zero attached hydrogens (tertiary/aromatic N) is 1. The molecule has 0 spiro atoms. The molecule has 0 N–H and O–H groups in total. The molecule has 8 aromatic rings. The third-order valence-electron chi connectivity index (χ3n) is 7.53. The van der Waals surface area contributed by atoms with E-state index < -0.39 is 0 Å². The summed E-state index contributed by atoms with van der Waals surface area (Å²) in [6, 6.07) is 47.9. The van der Waals surface area contributed by atoms with E-state index in [1.54, 1.807) is 11.3 Å². The second-order valence-corrected chi connectivity index (χ2v) is 12.5. The van der Waals surface area contributed by atoms with Crippen LogP contribution in [0.3, 0.4) is 0 Å². The van der Waals surface area contributed by atoms with Gasteiger partial charge in [0, 0.05) is 52.0 Å². The summed E-state index contributed by atoms with van der Waals surface area (Å²) in [7, 11) is 0. The maximum atomic E-state index is 6.33. The third-order valence-corrected chi connectivity index (χ3v) is 10.1. The quantitative estimate of drug-likeness (QED) is 0.204. The summed E-state index contributed by atoms with van der Waals surface area (Å²) in [5, 5.41) is 5.87. The summed E-state index contributed by atoms with van der Waals surface area (Å²) >= 11 is 9.99. The van der Waals surface area contributed by atoms with Crippen molar-refractivity contribution in [3.8, 4) is 11.1 Å². The molecule has 0 saturated carbocycles. The van der Waals surface area contributed by atoms with E-state index in [0.29, 0.717) is 0 Å². The molecule has 1 nitrogen and oxygen atoms in total. The molecule has 0 amide bonds. The van der Waals surface area contributed by atoms with Crippen molar-refractivity contribution in [1.82, 2.24) is 0 Å². The van der Waals surface area contributed by atoms with Gasteiger partial charge in [-0.1, -0.05) is 90.5 Å². The maximum absolute atomic E-state index is 6.33. The zero-order valence-corrected chi connectivity index (χ0v) is 23.7. The Bertz CT molecular complexity index is 2180. The van der Waals surface area contributed by atoms with Crippen LogP contribution in [0.2, 0.25) is 5.02 Å². The van der Waals surface area contributed by atoms with Crippen LogP contribution in [0.15, 0.2) is 133 Å². The molecule has 0 aliphatic carbocycles. The average molecular weight is 568 g/mol. The minimum Gasteiger partial charge on any atom is -0.309 e. The van der Waals surface area contributed by atoms with E-state index in [9.17, 15) is 0 Å². The van der Waals surface area contributed by atoms with E-state index in [0.717, 1.165) is 16.4 Å². The van der Waals surface area contributed by atoms with Gasteiger partial charge in [0.25, 0.3) is 0 Å². The summed E-state index contributed by atoms with van der Waals surface area (Å²) in [6.07, 6.45) is 0. The second kappa shape index (κ2) is 9.50. The molecular formula is C36H22ClNS2. The third kappa shape index (κ3) is 3.89. The van der Waals surface area contributed by atoms with E-state index in [2.05, 4.69) is 132 Å². The first-order valence-electron chi connectivity index (χ1n) is 13.2. The van der Waals surface area contributed by atoms with Gasteiger partial charge in [-0.3, -0.25) is 0 Å². The highest BCUT2D eigenvalue weighted by molar-refractivity contribution is 7.26. The lowest BCUT2D eigenvalue weighted by Gasteiger charge is -2.26. The highest BCUT2D eigenvalue weighted by atomic mass is 35.5. The molecule has 0 saturated heterocycles. The molecule has 2 heterocycles. The fourth-order valence-electron chi connectivity index (χ4n) is 5.65. The van der Waals surface area contributed by atoms with Gasteiger partial charge in [0.15, 0.2) is 0 Å². The van der Waals surface area contributed by atoms with Crippen LogP contribution in [-0.2, 0) is 0 Å². The molecule has 0 aliphatic rings. The number of hydrogen-bond acceptors (Lipinski definition) is 3. The number of fused-ring (bicyclic) bond motifs is 6. The Kier molecular flexibility index (Phi) is 5.63. The van der Waals surface area contributed by atoms with Gasteiger partial charge in [-0.25, -0.2) is 0 Å². The molecule has 0 bridgehead atoms. The standard InChI is InChI=1S/C36H22ClNS2/c37-25-15-19-29-31-22-27(18-20-34(31)39-35(29)21-25)38(26-16-13-24(14-17-26)23-7-2-1-3-8-23)32-11-6-10-30-28-9-4-5-12-33(28)40-36(30)32/h1-22H. The van der Waals surface area contributed by atoms with E-state index in [1.807, 2.05) is 17.4 Å². The molecule has 4 heteroatoms. The lowest BCUT2D eigenvalue weighted by atomic mass is 10.0. The van der Waals surface area contributed by atoms with Gasteiger partial charge in [-0.05, 0) is 65.7 Å². The van der Waals surface area contributed by atoms with Gasteiger partial charge in [0.2, 0.25) is 0 Å². The molecular weight excluding hydrogens is 546 g/mol. The number of hydrogen-bond donors (Lipinski definition) is 0. The predicted molar refractivity (Wildman–Crippen MR) is 177 cm³/mol. The van der Waals surface area contributed by atoms with Crippen molar-refractivity contribution >= 4 is 91.7 Å². The molecule has 6 aromatic carbocycles. The molecule has 0 aliphatic heterocycles. The Labute approximate surface area is 245 Å². The number of rotatable bonds is 4. The highest BCUT2D eigenvalue weighted by Crippen LogP contribution is 2.46. The number of benzene rings is 6. The van der Waals surface area contributed by atoms with Crippen LogP contribution >= 0.6 is 34.3 Å². The Hall–Kier alpha value is -4.15. The van der Waals surface area contributed by atoms with Gasteiger partial charge in [0.05, 0.1) is 10.4 Å². The predicted octanol–water partition coefficient (Wildman–Crippen LogP) is 12.2. The fourth-order valence-corrected chi connectivity index (χ4v) is 8.22. The Morgan fingerprint density at radius 1 is 0.450 bits per heavy atom. The van der Waals surface area contributed by atoms with Crippen LogP contribution in [-0.4, -0.2) is 0 Å². The van der Waals surface area contributed by atoms with Crippen molar-refractivity contribution in [3.63, 3.8) is 0 Å². The zero-order chi connectivity index (χ0) is 26.6.